The molecule has 0 amide bonds. The van der Waals surface area contributed by atoms with E-state index in [1.54, 1.807) is 18.4 Å². The van der Waals surface area contributed by atoms with E-state index in [0.717, 1.165) is 4.57 Å². The van der Waals surface area contributed by atoms with Crippen molar-refractivity contribution in [2.45, 2.75) is 0 Å². The summed E-state index contributed by atoms with van der Waals surface area (Å²) in [5, 5.41) is 2.05. The Balaban J connectivity index is 2.55. The molecule has 11 heavy (non-hydrogen) atoms. The van der Waals surface area contributed by atoms with Crippen LogP contribution < -0.4 is 0 Å². The van der Waals surface area contributed by atoms with Crippen molar-refractivity contribution in [1.29, 1.82) is 0 Å². The summed E-state index contributed by atoms with van der Waals surface area (Å²) in [5.41, 5.74) is 0. The zero-order valence-electron chi connectivity index (χ0n) is 6.11. The molecule has 1 nitrogen and oxygen atoms in total. The van der Waals surface area contributed by atoms with Crippen molar-refractivity contribution >= 4 is 22.0 Å². The third kappa shape index (κ3) is 3.13. The maximum absolute atomic E-state index is 4.93. The van der Waals surface area contributed by atoms with Crippen LogP contribution in [-0.4, -0.2) is 11.7 Å². The van der Waals surface area contributed by atoms with Gasteiger partial charge in [0.05, 0.1) is 0 Å². The molecule has 1 heterocycles. The van der Waals surface area contributed by atoms with Gasteiger partial charge < -0.3 is 0 Å². The zero-order chi connectivity index (χ0) is 8.10. The normalized spacial score (nSPS) is 10.6. The molecule has 0 aromatic carbocycles. The molecule has 0 unspecified atom stereocenters. The van der Waals surface area contributed by atoms with Gasteiger partial charge in [0.15, 0.2) is 0 Å². The Morgan fingerprint density at radius 1 is 1.73 bits per heavy atom. The van der Waals surface area contributed by atoms with E-state index in [1.807, 2.05) is 23.6 Å². The number of rotatable bonds is 3. The fraction of sp³-hybridized carbons (Fsp3) is 0.125. The second-order valence-corrected chi connectivity index (χ2v) is 3.48. The van der Waals surface area contributed by atoms with Gasteiger partial charge in [-0.1, -0.05) is 0 Å². The molecule has 0 bridgehead atoms. The zero-order valence-corrected chi connectivity index (χ0v) is 8.20. The van der Waals surface area contributed by atoms with Crippen molar-refractivity contribution in [2.75, 3.05) is 7.11 Å². The summed E-state index contributed by atoms with van der Waals surface area (Å²) in [4.78, 5) is 1.23. The number of thiophene rings is 1. The van der Waals surface area contributed by atoms with E-state index in [9.17, 15) is 0 Å². The minimum absolute atomic E-state index is 0.804. The average Bonchev–Trinajstić information content (AvgIpc) is 2.52. The summed E-state index contributed by atoms with van der Waals surface area (Å²) in [6, 6.07) is 4.08. The van der Waals surface area contributed by atoms with Gasteiger partial charge in [0.2, 0.25) is 0 Å². The topological polar surface area (TPSA) is 9.23 Å². The number of methoxy groups -OCH3 is 1. The molecule has 0 radical (unpaired) electrons. The Bertz CT molecular complexity index is 251. The summed E-state index contributed by atoms with van der Waals surface area (Å²) >= 11 is 4.51. The molecule has 0 aliphatic rings. The van der Waals surface area contributed by atoms with E-state index in [4.69, 9.17) is 4.74 Å². The van der Waals surface area contributed by atoms with Gasteiger partial charge in [0.1, 0.15) is 0 Å². The fourth-order valence-electron chi connectivity index (χ4n) is 0.604. The summed E-state index contributed by atoms with van der Waals surface area (Å²) in [6.45, 7) is 0. The second-order valence-electron chi connectivity index (χ2n) is 1.87. The third-order valence-electron chi connectivity index (χ3n) is 1.13. The molecule has 0 aliphatic carbocycles. The Kier molecular flexibility index (Phi) is 3.75. The minimum atomic E-state index is 0.804. The molecule has 0 saturated heterocycles. The van der Waals surface area contributed by atoms with E-state index in [1.165, 1.54) is 4.88 Å². The summed E-state index contributed by atoms with van der Waals surface area (Å²) in [7, 11) is 1.64. The average molecular weight is 204 g/mol. The van der Waals surface area contributed by atoms with Crippen LogP contribution in [0, 0.1) is 0 Å². The number of hydrogen-bond donors (Lipinski definition) is 0. The van der Waals surface area contributed by atoms with Crippen LogP contribution in [0.2, 0.25) is 0 Å². The first-order chi connectivity index (χ1) is 5.33. The first-order valence-electron chi connectivity index (χ1n) is 3.12. The third-order valence-corrected chi connectivity index (χ3v) is 2.44. The van der Waals surface area contributed by atoms with Crippen LogP contribution in [0.25, 0.3) is 6.08 Å². The molecule has 0 atom stereocenters. The Labute approximate surface area is 78.3 Å². The molecular weight excluding hydrogens is 196 g/mol. The van der Waals surface area contributed by atoms with Gasteiger partial charge in [-0.25, -0.2) is 0 Å². The predicted molar refractivity (Wildman–Crippen MR) is 45.4 cm³/mol. The maximum atomic E-state index is 4.93. The van der Waals surface area contributed by atoms with Gasteiger partial charge in [-0.05, 0) is 0 Å². The number of hydrogen-bond acceptors (Lipinski definition) is 2. The first-order valence-corrected chi connectivity index (χ1v) is 4.64. The van der Waals surface area contributed by atoms with Gasteiger partial charge >= 0.3 is 78.1 Å². The molecule has 0 spiro atoms. The Morgan fingerprint density at radius 2 is 2.55 bits per heavy atom. The standard InChI is InChI=1S/C8H8OS.Cr/c1-9-6-2-4-8-5-3-7-10-8;/h2-5,7H,1H3;/b4-2+;. The quantitative estimate of drug-likeness (QED) is 0.732. The van der Waals surface area contributed by atoms with Crippen molar-refractivity contribution in [3.8, 4) is 0 Å². The molecule has 58 valence electrons. The predicted octanol–water partition coefficient (Wildman–Crippen LogP) is 2.08. The van der Waals surface area contributed by atoms with Crippen LogP contribution in [0.3, 0.4) is 0 Å². The molecule has 1 rings (SSSR count). The molecule has 1 aromatic rings. The van der Waals surface area contributed by atoms with Crippen molar-refractivity contribution in [3.63, 3.8) is 0 Å². The van der Waals surface area contributed by atoms with Crippen molar-refractivity contribution < 1.29 is 20.6 Å². The van der Waals surface area contributed by atoms with Crippen LogP contribution in [0.1, 0.15) is 4.88 Å². The van der Waals surface area contributed by atoms with E-state index in [0.29, 0.717) is 0 Å². The summed E-state index contributed by atoms with van der Waals surface area (Å²) in [6.07, 6.45) is 3.92. The van der Waals surface area contributed by atoms with Gasteiger partial charge in [0.25, 0.3) is 0 Å². The van der Waals surface area contributed by atoms with E-state index >= 15 is 0 Å². The van der Waals surface area contributed by atoms with Crippen LogP contribution in [-0.2, 0) is 20.6 Å². The van der Waals surface area contributed by atoms with E-state index in [2.05, 4.69) is 21.9 Å². The van der Waals surface area contributed by atoms with E-state index < -0.39 is 0 Å². The molecule has 3 heteroatoms. The van der Waals surface area contributed by atoms with Gasteiger partial charge in [-0.15, -0.1) is 0 Å². The molecule has 0 fully saturated rings. The fourth-order valence-corrected chi connectivity index (χ4v) is 1.33. The van der Waals surface area contributed by atoms with Gasteiger partial charge in [-0.2, -0.15) is 0 Å². The monoisotopic (exact) mass is 204 g/mol. The van der Waals surface area contributed by atoms with Crippen LogP contribution >= 0.6 is 11.3 Å². The first kappa shape index (κ1) is 8.90. The SMILES string of the molecule is CO[C](=[Cr])/C=C/c1cccs1. The molecular formula is C8H8CrOS. The van der Waals surface area contributed by atoms with Crippen molar-refractivity contribution in [3.05, 3.63) is 28.5 Å². The van der Waals surface area contributed by atoms with Gasteiger partial charge in [-0.3, -0.25) is 0 Å². The Hall–Kier alpha value is -0.198. The molecule has 0 aliphatic heterocycles. The molecule has 0 saturated carbocycles. The molecule has 1 aromatic heterocycles. The van der Waals surface area contributed by atoms with Crippen LogP contribution in [0.4, 0.5) is 0 Å². The second kappa shape index (κ2) is 4.63. The van der Waals surface area contributed by atoms with Gasteiger partial charge in [0, 0.05) is 0 Å². The Morgan fingerprint density at radius 3 is 3.09 bits per heavy atom. The van der Waals surface area contributed by atoms with Crippen LogP contribution in [0.5, 0.6) is 0 Å². The van der Waals surface area contributed by atoms with Crippen molar-refractivity contribution in [1.82, 2.24) is 0 Å². The van der Waals surface area contributed by atoms with Crippen molar-refractivity contribution in [2.24, 2.45) is 0 Å². The summed E-state index contributed by atoms with van der Waals surface area (Å²) < 4.78 is 5.73. The van der Waals surface area contributed by atoms with E-state index in [-0.39, 0.29) is 0 Å². The summed E-state index contributed by atoms with van der Waals surface area (Å²) in [5.74, 6) is 0. The van der Waals surface area contributed by atoms with Crippen LogP contribution in [0.15, 0.2) is 23.6 Å². The number of ether oxygens (including phenoxy) is 1. The molecule has 0 N–H and O–H groups in total.